The Morgan fingerprint density at radius 2 is 1.89 bits per heavy atom. The van der Waals surface area contributed by atoms with E-state index in [0.29, 0.717) is 11.8 Å². The molecular weight excluding hydrogens is 222 g/mol. The Labute approximate surface area is 111 Å². The van der Waals surface area contributed by atoms with Crippen LogP contribution in [0.15, 0.2) is 23.8 Å². The number of carbonyl (C=O) groups is 1. The molecule has 0 spiro atoms. The Hall–Kier alpha value is -1.05. The standard InChI is InChI=1S/C16H27NO/c1-12(2)6-5-7-13(3)14-8-10-16(4,11-9-14)15(17)18/h5-7,12,14H,8-11H2,1-4H3,(H2,17,18)/b6-5+,13-7+. The molecule has 1 aliphatic carbocycles. The highest BCUT2D eigenvalue weighted by Gasteiger charge is 2.36. The van der Waals surface area contributed by atoms with Gasteiger partial charge in [-0.25, -0.2) is 0 Å². The molecule has 1 saturated carbocycles. The highest BCUT2D eigenvalue weighted by molar-refractivity contribution is 5.80. The zero-order valence-electron chi connectivity index (χ0n) is 12.2. The van der Waals surface area contributed by atoms with Crippen molar-refractivity contribution in [2.24, 2.45) is 23.0 Å². The molecule has 0 aromatic carbocycles. The van der Waals surface area contributed by atoms with Crippen molar-refractivity contribution in [3.63, 3.8) is 0 Å². The summed E-state index contributed by atoms with van der Waals surface area (Å²) in [6.45, 7) is 8.56. The molecule has 0 radical (unpaired) electrons. The van der Waals surface area contributed by atoms with Crippen LogP contribution in [0.5, 0.6) is 0 Å². The molecule has 1 rings (SSSR count). The van der Waals surface area contributed by atoms with E-state index in [-0.39, 0.29) is 11.3 Å². The quantitative estimate of drug-likeness (QED) is 0.756. The SMILES string of the molecule is C/C(=C\C=C\C(C)C)C1CCC(C)(C(N)=O)CC1. The summed E-state index contributed by atoms with van der Waals surface area (Å²) in [6.07, 6.45) is 10.6. The predicted octanol–water partition coefficient (Wildman–Crippen LogP) is 3.83. The van der Waals surface area contributed by atoms with Crippen LogP contribution in [0.25, 0.3) is 0 Å². The second-order valence-electron chi connectivity index (χ2n) is 6.24. The van der Waals surface area contributed by atoms with Gasteiger partial charge in [-0.05, 0) is 44.4 Å². The average Bonchev–Trinajstić information content (AvgIpc) is 2.29. The molecule has 0 aromatic heterocycles. The lowest BCUT2D eigenvalue weighted by Crippen LogP contribution is -2.37. The first kappa shape index (κ1) is 15.0. The third-order valence-corrected chi connectivity index (χ3v) is 4.18. The van der Waals surface area contributed by atoms with Crippen LogP contribution in [0.1, 0.15) is 53.4 Å². The monoisotopic (exact) mass is 249 g/mol. The fraction of sp³-hybridized carbons (Fsp3) is 0.688. The van der Waals surface area contributed by atoms with E-state index in [9.17, 15) is 4.79 Å². The molecule has 1 amide bonds. The Morgan fingerprint density at radius 3 is 2.33 bits per heavy atom. The van der Waals surface area contributed by atoms with Gasteiger partial charge >= 0.3 is 0 Å². The molecule has 0 atom stereocenters. The van der Waals surface area contributed by atoms with Crippen LogP contribution >= 0.6 is 0 Å². The normalized spacial score (nSPS) is 30.1. The zero-order chi connectivity index (χ0) is 13.8. The molecule has 0 aliphatic heterocycles. The van der Waals surface area contributed by atoms with Gasteiger partial charge in [0.15, 0.2) is 0 Å². The summed E-state index contributed by atoms with van der Waals surface area (Å²) in [5.41, 5.74) is 6.63. The zero-order valence-corrected chi connectivity index (χ0v) is 12.2. The van der Waals surface area contributed by atoms with Crippen LogP contribution < -0.4 is 5.73 Å². The Kier molecular flexibility index (Phi) is 5.18. The molecule has 2 nitrogen and oxygen atoms in total. The average molecular weight is 249 g/mol. The minimum atomic E-state index is -0.273. The molecule has 102 valence electrons. The van der Waals surface area contributed by atoms with Gasteiger partial charge in [0.2, 0.25) is 5.91 Å². The first-order valence-corrected chi connectivity index (χ1v) is 7.00. The first-order chi connectivity index (χ1) is 8.35. The van der Waals surface area contributed by atoms with E-state index in [2.05, 4.69) is 39.0 Å². The fourth-order valence-corrected chi connectivity index (χ4v) is 2.52. The number of hydrogen-bond donors (Lipinski definition) is 1. The van der Waals surface area contributed by atoms with Crippen LogP contribution in [0.4, 0.5) is 0 Å². The fourth-order valence-electron chi connectivity index (χ4n) is 2.52. The molecule has 18 heavy (non-hydrogen) atoms. The van der Waals surface area contributed by atoms with Gasteiger partial charge < -0.3 is 5.73 Å². The summed E-state index contributed by atoms with van der Waals surface area (Å²) in [7, 11) is 0. The van der Waals surface area contributed by atoms with Gasteiger partial charge in [-0.1, -0.05) is 44.6 Å². The summed E-state index contributed by atoms with van der Waals surface area (Å²) in [5.74, 6) is 1.08. The van der Waals surface area contributed by atoms with Crippen molar-refractivity contribution in [3.05, 3.63) is 23.8 Å². The van der Waals surface area contributed by atoms with Crippen molar-refractivity contribution in [3.8, 4) is 0 Å². The largest absolute Gasteiger partial charge is 0.369 e. The van der Waals surface area contributed by atoms with Crippen LogP contribution in [0, 0.1) is 17.3 Å². The predicted molar refractivity (Wildman–Crippen MR) is 77.0 cm³/mol. The molecular formula is C16H27NO. The van der Waals surface area contributed by atoms with Gasteiger partial charge in [0.1, 0.15) is 0 Å². The molecule has 0 unspecified atom stereocenters. The molecule has 2 heteroatoms. The van der Waals surface area contributed by atoms with Gasteiger partial charge in [-0.2, -0.15) is 0 Å². The van der Waals surface area contributed by atoms with Gasteiger partial charge in [0.05, 0.1) is 0 Å². The summed E-state index contributed by atoms with van der Waals surface area (Å²) in [4.78, 5) is 11.4. The lowest BCUT2D eigenvalue weighted by Gasteiger charge is -2.35. The van der Waals surface area contributed by atoms with Crippen LogP contribution in [0.3, 0.4) is 0 Å². The Morgan fingerprint density at radius 1 is 1.33 bits per heavy atom. The number of allylic oxidation sites excluding steroid dienone is 4. The van der Waals surface area contributed by atoms with Crippen LogP contribution in [-0.4, -0.2) is 5.91 Å². The Bertz CT molecular complexity index is 344. The van der Waals surface area contributed by atoms with Gasteiger partial charge in [0, 0.05) is 5.41 Å². The van der Waals surface area contributed by atoms with E-state index in [1.54, 1.807) is 0 Å². The minimum absolute atomic E-state index is 0.137. The summed E-state index contributed by atoms with van der Waals surface area (Å²) in [5, 5.41) is 0. The highest BCUT2D eigenvalue weighted by Crippen LogP contribution is 2.40. The molecule has 0 aromatic rings. The second-order valence-corrected chi connectivity index (χ2v) is 6.24. The van der Waals surface area contributed by atoms with Crippen molar-refractivity contribution in [2.45, 2.75) is 53.4 Å². The molecule has 0 heterocycles. The molecule has 1 aliphatic rings. The van der Waals surface area contributed by atoms with Crippen molar-refractivity contribution >= 4 is 5.91 Å². The van der Waals surface area contributed by atoms with Crippen LogP contribution in [0.2, 0.25) is 0 Å². The van der Waals surface area contributed by atoms with Crippen LogP contribution in [-0.2, 0) is 4.79 Å². The number of primary amides is 1. The maximum atomic E-state index is 11.4. The number of amides is 1. The van der Waals surface area contributed by atoms with Crippen molar-refractivity contribution in [1.82, 2.24) is 0 Å². The highest BCUT2D eigenvalue weighted by atomic mass is 16.1. The third-order valence-electron chi connectivity index (χ3n) is 4.18. The lowest BCUT2D eigenvalue weighted by atomic mass is 9.69. The number of rotatable bonds is 4. The second kappa shape index (κ2) is 6.21. The molecule has 0 saturated heterocycles. The third kappa shape index (κ3) is 4.01. The topological polar surface area (TPSA) is 43.1 Å². The number of nitrogens with two attached hydrogens (primary N) is 1. The lowest BCUT2D eigenvalue weighted by molar-refractivity contribution is -0.128. The van der Waals surface area contributed by atoms with Gasteiger partial charge in [-0.15, -0.1) is 0 Å². The van der Waals surface area contributed by atoms with E-state index in [4.69, 9.17) is 5.73 Å². The number of hydrogen-bond acceptors (Lipinski definition) is 1. The first-order valence-electron chi connectivity index (χ1n) is 7.00. The maximum Gasteiger partial charge on any atom is 0.223 e. The molecule has 2 N–H and O–H groups in total. The maximum absolute atomic E-state index is 11.4. The van der Waals surface area contributed by atoms with Crippen molar-refractivity contribution in [2.75, 3.05) is 0 Å². The number of carbonyl (C=O) groups excluding carboxylic acids is 1. The van der Waals surface area contributed by atoms with Crippen molar-refractivity contribution < 1.29 is 4.79 Å². The van der Waals surface area contributed by atoms with E-state index >= 15 is 0 Å². The minimum Gasteiger partial charge on any atom is -0.369 e. The molecule has 1 fully saturated rings. The summed E-state index contributed by atoms with van der Waals surface area (Å²) in [6, 6.07) is 0. The Balaban J connectivity index is 2.55. The van der Waals surface area contributed by atoms with Crippen molar-refractivity contribution in [1.29, 1.82) is 0 Å². The smallest absolute Gasteiger partial charge is 0.223 e. The summed E-state index contributed by atoms with van der Waals surface area (Å²) < 4.78 is 0. The van der Waals surface area contributed by atoms with E-state index in [0.717, 1.165) is 25.7 Å². The van der Waals surface area contributed by atoms with E-state index < -0.39 is 0 Å². The van der Waals surface area contributed by atoms with Gasteiger partial charge in [0.25, 0.3) is 0 Å². The van der Waals surface area contributed by atoms with E-state index in [1.807, 2.05) is 6.92 Å². The summed E-state index contributed by atoms with van der Waals surface area (Å²) >= 11 is 0. The van der Waals surface area contributed by atoms with E-state index in [1.165, 1.54) is 5.57 Å². The molecule has 0 bridgehead atoms. The van der Waals surface area contributed by atoms with Gasteiger partial charge in [-0.3, -0.25) is 4.79 Å².